The molecule has 114 valence electrons. The lowest BCUT2D eigenvalue weighted by Gasteiger charge is -2.25. The van der Waals surface area contributed by atoms with Gasteiger partial charge in [-0.2, -0.15) is 11.8 Å². The van der Waals surface area contributed by atoms with E-state index in [-0.39, 0.29) is 0 Å². The highest BCUT2D eigenvalue weighted by molar-refractivity contribution is 7.98. The quantitative estimate of drug-likeness (QED) is 0.726. The summed E-state index contributed by atoms with van der Waals surface area (Å²) >= 11 is 1.98. The fraction of sp³-hybridized carbons (Fsp3) is 1.00. The molecule has 1 atom stereocenters. The molecule has 1 nitrogen and oxygen atoms in total. The van der Waals surface area contributed by atoms with E-state index in [9.17, 15) is 0 Å². The van der Waals surface area contributed by atoms with Crippen LogP contribution in [-0.4, -0.2) is 24.1 Å². The van der Waals surface area contributed by atoms with Gasteiger partial charge in [-0.1, -0.05) is 64.7 Å². The molecule has 0 amide bonds. The second-order valence-electron chi connectivity index (χ2n) is 6.18. The van der Waals surface area contributed by atoms with Crippen LogP contribution >= 0.6 is 11.8 Å². The van der Waals surface area contributed by atoms with E-state index in [1.165, 1.54) is 82.8 Å². The topological polar surface area (TPSA) is 12.0 Å². The van der Waals surface area contributed by atoms with E-state index in [2.05, 4.69) is 18.5 Å². The van der Waals surface area contributed by atoms with Gasteiger partial charge in [-0.3, -0.25) is 0 Å². The molecular formula is C17H35NS. The lowest BCUT2D eigenvalue weighted by molar-refractivity contribution is 0.369. The van der Waals surface area contributed by atoms with Gasteiger partial charge in [0.15, 0.2) is 0 Å². The SMILES string of the molecule is CCC(CSC)NC1CCCCCCCCCCC1. The number of rotatable bonds is 5. The minimum atomic E-state index is 0.730. The van der Waals surface area contributed by atoms with Crippen molar-refractivity contribution in [3.63, 3.8) is 0 Å². The second-order valence-corrected chi connectivity index (χ2v) is 7.09. The van der Waals surface area contributed by atoms with Crippen molar-refractivity contribution in [2.45, 2.75) is 96.1 Å². The van der Waals surface area contributed by atoms with Crippen molar-refractivity contribution in [2.24, 2.45) is 0 Å². The predicted molar refractivity (Wildman–Crippen MR) is 90.2 cm³/mol. The fourth-order valence-electron chi connectivity index (χ4n) is 3.15. The molecule has 1 fully saturated rings. The van der Waals surface area contributed by atoms with Gasteiger partial charge in [0.1, 0.15) is 0 Å². The van der Waals surface area contributed by atoms with E-state index in [1.54, 1.807) is 0 Å². The Hall–Kier alpha value is 0.310. The highest BCUT2D eigenvalue weighted by atomic mass is 32.2. The smallest absolute Gasteiger partial charge is 0.0158 e. The molecule has 0 aromatic carbocycles. The number of nitrogens with one attached hydrogen (secondary N) is 1. The van der Waals surface area contributed by atoms with Gasteiger partial charge >= 0.3 is 0 Å². The van der Waals surface area contributed by atoms with Crippen LogP contribution in [0.3, 0.4) is 0 Å². The van der Waals surface area contributed by atoms with Gasteiger partial charge in [0, 0.05) is 17.8 Å². The van der Waals surface area contributed by atoms with E-state index in [0.29, 0.717) is 0 Å². The molecule has 1 N–H and O–H groups in total. The zero-order chi connectivity index (χ0) is 13.8. The molecule has 0 saturated heterocycles. The minimum Gasteiger partial charge on any atom is -0.310 e. The lowest BCUT2D eigenvalue weighted by Crippen LogP contribution is -2.39. The third kappa shape index (κ3) is 8.96. The summed E-state index contributed by atoms with van der Waals surface area (Å²) < 4.78 is 0. The Morgan fingerprint density at radius 2 is 1.37 bits per heavy atom. The van der Waals surface area contributed by atoms with Crippen molar-refractivity contribution in [1.29, 1.82) is 0 Å². The molecule has 0 bridgehead atoms. The Balaban J connectivity index is 2.32. The molecule has 0 radical (unpaired) electrons. The summed E-state index contributed by atoms with van der Waals surface area (Å²) in [7, 11) is 0. The third-order valence-corrected chi connectivity index (χ3v) is 5.17. The highest BCUT2D eigenvalue weighted by Crippen LogP contribution is 2.18. The lowest BCUT2D eigenvalue weighted by atomic mass is 9.97. The van der Waals surface area contributed by atoms with E-state index in [1.807, 2.05) is 11.8 Å². The van der Waals surface area contributed by atoms with Crippen molar-refractivity contribution < 1.29 is 0 Å². The minimum absolute atomic E-state index is 0.730. The highest BCUT2D eigenvalue weighted by Gasteiger charge is 2.13. The van der Waals surface area contributed by atoms with Crippen LogP contribution in [0.4, 0.5) is 0 Å². The third-order valence-electron chi connectivity index (χ3n) is 4.44. The van der Waals surface area contributed by atoms with Crippen LogP contribution in [-0.2, 0) is 0 Å². The first-order valence-electron chi connectivity index (χ1n) is 8.61. The molecule has 0 spiro atoms. The van der Waals surface area contributed by atoms with Gasteiger partial charge in [0.25, 0.3) is 0 Å². The standard InChI is InChI=1S/C17H35NS/c1-3-16(15-19-2)18-17-13-11-9-7-5-4-6-8-10-12-14-17/h16-18H,3-15H2,1-2H3. The number of hydrogen-bond acceptors (Lipinski definition) is 2. The van der Waals surface area contributed by atoms with Crippen LogP contribution in [0.1, 0.15) is 84.0 Å². The first-order valence-corrected chi connectivity index (χ1v) is 10.0. The molecule has 0 heterocycles. The monoisotopic (exact) mass is 285 g/mol. The van der Waals surface area contributed by atoms with E-state index in [4.69, 9.17) is 0 Å². The summed E-state index contributed by atoms with van der Waals surface area (Å²) in [6, 6.07) is 1.52. The maximum Gasteiger partial charge on any atom is 0.0158 e. The van der Waals surface area contributed by atoms with Gasteiger partial charge < -0.3 is 5.32 Å². The molecule has 0 aliphatic heterocycles. The van der Waals surface area contributed by atoms with Crippen LogP contribution in [0.25, 0.3) is 0 Å². The zero-order valence-corrected chi connectivity index (χ0v) is 14.1. The van der Waals surface area contributed by atoms with Crippen molar-refractivity contribution >= 4 is 11.8 Å². The molecule has 19 heavy (non-hydrogen) atoms. The Morgan fingerprint density at radius 1 is 0.895 bits per heavy atom. The van der Waals surface area contributed by atoms with E-state index in [0.717, 1.165) is 12.1 Å². The Morgan fingerprint density at radius 3 is 1.79 bits per heavy atom. The molecule has 1 rings (SSSR count). The van der Waals surface area contributed by atoms with Crippen molar-refractivity contribution in [1.82, 2.24) is 5.32 Å². The zero-order valence-electron chi connectivity index (χ0n) is 13.3. The normalized spacial score (nSPS) is 22.4. The summed E-state index contributed by atoms with van der Waals surface area (Å²) in [5, 5.41) is 3.94. The van der Waals surface area contributed by atoms with Crippen molar-refractivity contribution in [3.05, 3.63) is 0 Å². The maximum atomic E-state index is 3.94. The largest absolute Gasteiger partial charge is 0.310 e. The number of thioether (sulfide) groups is 1. The Kier molecular flexibility index (Phi) is 11.0. The van der Waals surface area contributed by atoms with Gasteiger partial charge in [0.05, 0.1) is 0 Å². The molecule has 0 aromatic heterocycles. The first-order chi connectivity index (χ1) is 9.36. The molecule has 0 aromatic rings. The molecular weight excluding hydrogens is 250 g/mol. The maximum absolute atomic E-state index is 3.94. The van der Waals surface area contributed by atoms with Crippen LogP contribution in [0.15, 0.2) is 0 Å². The summed E-state index contributed by atoms with van der Waals surface area (Å²) in [5.74, 6) is 1.27. The molecule has 1 aliphatic rings. The molecule has 1 saturated carbocycles. The average molecular weight is 286 g/mol. The van der Waals surface area contributed by atoms with Crippen LogP contribution in [0, 0.1) is 0 Å². The van der Waals surface area contributed by atoms with E-state index < -0.39 is 0 Å². The average Bonchev–Trinajstić information content (AvgIpc) is 2.41. The fourth-order valence-corrected chi connectivity index (χ4v) is 3.88. The van der Waals surface area contributed by atoms with E-state index >= 15 is 0 Å². The Labute approximate surface area is 125 Å². The van der Waals surface area contributed by atoms with Crippen LogP contribution < -0.4 is 5.32 Å². The van der Waals surface area contributed by atoms with Gasteiger partial charge in [-0.25, -0.2) is 0 Å². The summed E-state index contributed by atoms with van der Waals surface area (Å²) in [5.41, 5.74) is 0. The van der Waals surface area contributed by atoms with Crippen LogP contribution in [0.5, 0.6) is 0 Å². The predicted octanol–water partition coefficient (Wildman–Crippen LogP) is 5.39. The summed E-state index contributed by atoms with van der Waals surface area (Å²) in [4.78, 5) is 0. The summed E-state index contributed by atoms with van der Waals surface area (Å²) in [6.07, 6.45) is 19.5. The van der Waals surface area contributed by atoms with Crippen LogP contribution in [0.2, 0.25) is 0 Å². The van der Waals surface area contributed by atoms with Gasteiger partial charge in [0.2, 0.25) is 0 Å². The van der Waals surface area contributed by atoms with Crippen molar-refractivity contribution in [2.75, 3.05) is 12.0 Å². The van der Waals surface area contributed by atoms with Gasteiger partial charge in [-0.05, 0) is 25.5 Å². The second kappa shape index (κ2) is 12.1. The van der Waals surface area contributed by atoms with Crippen molar-refractivity contribution in [3.8, 4) is 0 Å². The summed E-state index contributed by atoms with van der Waals surface area (Å²) in [6.45, 7) is 2.32. The number of hydrogen-bond donors (Lipinski definition) is 1. The molecule has 2 heteroatoms. The molecule has 1 aliphatic carbocycles. The van der Waals surface area contributed by atoms with Gasteiger partial charge in [-0.15, -0.1) is 0 Å². The first kappa shape index (κ1) is 17.4. The Bertz CT molecular complexity index is 184. The molecule has 1 unspecified atom stereocenters.